The van der Waals surface area contributed by atoms with Crippen LogP contribution in [0.5, 0.6) is 11.5 Å². The third kappa shape index (κ3) is 5.16. The van der Waals surface area contributed by atoms with Crippen LogP contribution in [0.3, 0.4) is 0 Å². The lowest BCUT2D eigenvalue weighted by atomic mass is 10.1. The molecule has 0 aliphatic heterocycles. The summed E-state index contributed by atoms with van der Waals surface area (Å²) in [6, 6.07) is 17.7. The van der Waals surface area contributed by atoms with Crippen LogP contribution in [0.4, 0.5) is 0 Å². The van der Waals surface area contributed by atoms with E-state index in [4.69, 9.17) is 0 Å². The van der Waals surface area contributed by atoms with E-state index in [1.54, 1.807) is 24.3 Å². The standard InChI is InChI=1S/C24H14Br4O6S2/c25-19-9-17(10-20(26)23(19)29)35(31,32)15-5-1-13(2-6-15)14-3-7-16(8-4-14)36(33,34)18-11-21(27)24(30)22(28)12-18/h1-12,29-30H. The average Bonchev–Trinajstić information content (AvgIpc) is 2.85. The maximum absolute atomic E-state index is 13.0. The number of phenolic OH excluding ortho intramolecular Hbond substituents is 2. The van der Waals surface area contributed by atoms with Gasteiger partial charge in [0.15, 0.2) is 0 Å². The van der Waals surface area contributed by atoms with Crippen LogP contribution < -0.4 is 0 Å². The Morgan fingerprint density at radius 3 is 0.944 bits per heavy atom. The molecule has 4 aromatic carbocycles. The fourth-order valence-corrected chi connectivity index (χ4v) is 8.92. The number of phenols is 2. The second-order valence-electron chi connectivity index (χ2n) is 7.53. The lowest BCUT2D eigenvalue weighted by Gasteiger charge is -2.10. The second-order valence-corrected chi connectivity index (χ2v) is 14.8. The maximum Gasteiger partial charge on any atom is 0.206 e. The summed E-state index contributed by atoms with van der Waals surface area (Å²) >= 11 is 12.6. The van der Waals surface area contributed by atoms with Crippen molar-refractivity contribution < 1.29 is 27.0 Å². The summed E-state index contributed by atoms with van der Waals surface area (Å²) in [5, 5.41) is 19.7. The predicted octanol–water partition coefficient (Wildman–Crippen LogP) is 7.48. The first-order valence-electron chi connectivity index (χ1n) is 9.89. The van der Waals surface area contributed by atoms with Crippen LogP contribution in [-0.4, -0.2) is 27.0 Å². The fourth-order valence-electron chi connectivity index (χ4n) is 3.32. The van der Waals surface area contributed by atoms with E-state index in [2.05, 4.69) is 63.7 Å². The van der Waals surface area contributed by atoms with Crippen molar-refractivity contribution in [2.45, 2.75) is 19.6 Å². The number of sulfone groups is 2. The monoisotopic (exact) mass is 778 g/mol. The minimum atomic E-state index is -3.84. The van der Waals surface area contributed by atoms with E-state index in [0.717, 1.165) is 0 Å². The molecule has 4 rings (SSSR count). The first-order chi connectivity index (χ1) is 16.8. The molecule has 4 aromatic rings. The molecule has 0 aliphatic rings. The molecular formula is C24H14Br4O6S2. The molecule has 0 unspecified atom stereocenters. The zero-order chi connectivity index (χ0) is 26.4. The Kier molecular flexibility index (Phi) is 7.76. The lowest BCUT2D eigenvalue weighted by molar-refractivity contribution is 0.467. The van der Waals surface area contributed by atoms with Crippen LogP contribution >= 0.6 is 63.7 Å². The third-order valence-corrected chi connectivity index (χ3v) is 11.2. The Hall–Kier alpha value is -1.70. The van der Waals surface area contributed by atoms with Crippen molar-refractivity contribution in [3.63, 3.8) is 0 Å². The van der Waals surface area contributed by atoms with Gasteiger partial charge in [-0.05, 0) is 123 Å². The molecular weight excluding hydrogens is 768 g/mol. The summed E-state index contributed by atoms with van der Waals surface area (Å²) in [5.74, 6) is -0.194. The quantitative estimate of drug-likeness (QED) is 0.218. The molecule has 0 aromatic heterocycles. The third-order valence-electron chi connectivity index (χ3n) is 5.26. The van der Waals surface area contributed by atoms with E-state index in [0.29, 0.717) is 11.1 Å². The molecule has 0 saturated carbocycles. The number of hydrogen-bond acceptors (Lipinski definition) is 6. The topological polar surface area (TPSA) is 109 Å². The van der Waals surface area contributed by atoms with E-state index in [9.17, 15) is 27.0 Å². The van der Waals surface area contributed by atoms with Crippen LogP contribution in [0.2, 0.25) is 0 Å². The highest BCUT2D eigenvalue weighted by atomic mass is 79.9. The fraction of sp³-hybridized carbons (Fsp3) is 0. The molecule has 0 aliphatic carbocycles. The van der Waals surface area contributed by atoms with E-state index >= 15 is 0 Å². The molecule has 2 N–H and O–H groups in total. The molecule has 0 spiro atoms. The van der Waals surface area contributed by atoms with Crippen molar-refractivity contribution in [1.29, 1.82) is 0 Å². The number of benzene rings is 4. The summed E-state index contributed by atoms with van der Waals surface area (Å²) < 4.78 is 53.2. The van der Waals surface area contributed by atoms with Gasteiger partial charge in [0.1, 0.15) is 11.5 Å². The first-order valence-corrected chi connectivity index (χ1v) is 16.0. The molecule has 186 valence electrons. The van der Waals surface area contributed by atoms with Gasteiger partial charge >= 0.3 is 0 Å². The van der Waals surface area contributed by atoms with Crippen LogP contribution in [0.25, 0.3) is 11.1 Å². The minimum Gasteiger partial charge on any atom is -0.506 e. The first kappa shape index (κ1) is 27.3. The molecule has 0 atom stereocenters. The van der Waals surface area contributed by atoms with Crippen LogP contribution in [0.15, 0.2) is 110 Å². The molecule has 0 bridgehead atoms. The van der Waals surface area contributed by atoms with Gasteiger partial charge in [0.25, 0.3) is 0 Å². The van der Waals surface area contributed by atoms with E-state index in [1.165, 1.54) is 48.5 Å². The normalized spacial score (nSPS) is 12.0. The molecule has 0 heterocycles. The van der Waals surface area contributed by atoms with Crippen LogP contribution in [0, 0.1) is 0 Å². The highest BCUT2D eigenvalue weighted by Gasteiger charge is 2.22. The van der Waals surface area contributed by atoms with Crippen molar-refractivity contribution >= 4 is 83.4 Å². The molecule has 12 heteroatoms. The SMILES string of the molecule is O=S(=O)(c1ccc(-c2ccc(S(=O)(=O)c3cc(Br)c(O)c(Br)c3)cc2)cc1)c1cc(Br)c(O)c(Br)c1. The van der Waals surface area contributed by atoms with E-state index in [1.807, 2.05) is 0 Å². The lowest BCUT2D eigenvalue weighted by Crippen LogP contribution is -2.03. The van der Waals surface area contributed by atoms with Crippen LogP contribution in [-0.2, 0) is 19.7 Å². The van der Waals surface area contributed by atoms with Crippen molar-refractivity contribution in [2.24, 2.45) is 0 Å². The summed E-state index contributed by atoms with van der Waals surface area (Å²) in [7, 11) is -7.68. The molecule has 0 amide bonds. The molecule has 0 saturated heterocycles. The van der Waals surface area contributed by atoms with Gasteiger partial charge in [0.05, 0.1) is 37.5 Å². The predicted molar refractivity (Wildman–Crippen MR) is 150 cm³/mol. The zero-order valence-electron chi connectivity index (χ0n) is 17.8. The summed E-state index contributed by atoms with van der Waals surface area (Å²) in [6.45, 7) is 0. The van der Waals surface area contributed by atoms with E-state index in [-0.39, 0.29) is 49.0 Å². The van der Waals surface area contributed by atoms with E-state index < -0.39 is 19.7 Å². The summed E-state index contributed by atoms with van der Waals surface area (Å²) in [5.41, 5.74) is 1.39. The van der Waals surface area contributed by atoms with Crippen molar-refractivity contribution in [2.75, 3.05) is 0 Å². The Morgan fingerprint density at radius 2 is 0.694 bits per heavy atom. The maximum atomic E-state index is 13.0. The van der Waals surface area contributed by atoms with Gasteiger partial charge in [0, 0.05) is 0 Å². The molecule has 0 radical (unpaired) electrons. The smallest absolute Gasteiger partial charge is 0.206 e. The van der Waals surface area contributed by atoms with Gasteiger partial charge in [-0.3, -0.25) is 0 Å². The van der Waals surface area contributed by atoms with Crippen molar-refractivity contribution in [3.8, 4) is 22.6 Å². The molecule has 36 heavy (non-hydrogen) atoms. The van der Waals surface area contributed by atoms with Gasteiger partial charge in [-0.15, -0.1) is 0 Å². The molecule has 0 fully saturated rings. The van der Waals surface area contributed by atoms with Gasteiger partial charge in [0.2, 0.25) is 19.7 Å². The van der Waals surface area contributed by atoms with Gasteiger partial charge in [-0.25, -0.2) is 16.8 Å². The Labute approximate surface area is 241 Å². The van der Waals surface area contributed by atoms with Crippen molar-refractivity contribution in [3.05, 3.63) is 90.7 Å². The summed E-state index contributed by atoms with van der Waals surface area (Å²) in [6.07, 6.45) is 0. The molecule has 6 nitrogen and oxygen atoms in total. The van der Waals surface area contributed by atoms with Gasteiger partial charge in [-0.1, -0.05) is 24.3 Å². The average molecular weight is 782 g/mol. The number of hydrogen-bond donors (Lipinski definition) is 2. The Bertz CT molecular complexity index is 1530. The Morgan fingerprint density at radius 1 is 0.444 bits per heavy atom. The largest absolute Gasteiger partial charge is 0.506 e. The van der Waals surface area contributed by atoms with Gasteiger partial charge in [-0.2, -0.15) is 0 Å². The summed E-state index contributed by atoms with van der Waals surface area (Å²) in [4.78, 5) is 0.152. The number of halogens is 4. The van der Waals surface area contributed by atoms with Crippen molar-refractivity contribution in [1.82, 2.24) is 0 Å². The highest BCUT2D eigenvalue weighted by Crippen LogP contribution is 2.38. The van der Waals surface area contributed by atoms with Crippen LogP contribution in [0.1, 0.15) is 0 Å². The second kappa shape index (κ2) is 10.2. The Balaban J connectivity index is 1.63. The van der Waals surface area contributed by atoms with Gasteiger partial charge < -0.3 is 10.2 Å². The highest BCUT2D eigenvalue weighted by molar-refractivity contribution is 9.11. The minimum absolute atomic E-state index is 0.00821. The number of rotatable bonds is 5. The zero-order valence-corrected chi connectivity index (χ0v) is 25.8. The number of aromatic hydroxyl groups is 2.